The van der Waals surface area contributed by atoms with E-state index in [1.54, 1.807) is 17.7 Å². The second kappa shape index (κ2) is 6.03. The van der Waals surface area contributed by atoms with Crippen LogP contribution in [-0.4, -0.2) is 33.7 Å². The zero-order valence-corrected chi connectivity index (χ0v) is 14.3. The minimum atomic E-state index is -0.758. The maximum Gasteiger partial charge on any atom is 0.271 e. The van der Waals surface area contributed by atoms with Crippen molar-refractivity contribution in [2.45, 2.75) is 0 Å². The summed E-state index contributed by atoms with van der Waals surface area (Å²) in [6.07, 6.45) is 0. The Labute approximate surface area is 151 Å². The molecule has 0 bridgehead atoms. The van der Waals surface area contributed by atoms with Crippen LogP contribution >= 0.6 is 11.6 Å². The number of hydrogen-bond acceptors (Lipinski definition) is 6. The number of para-hydroxylation sites is 1. The Morgan fingerprint density at radius 2 is 2.04 bits per heavy atom. The number of aryl methyl sites for hydroxylation is 1. The number of fused-ring (bicyclic) bond motifs is 3. The van der Waals surface area contributed by atoms with Crippen LogP contribution in [0.2, 0.25) is 5.02 Å². The first-order chi connectivity index (χ1) is 12.5. The van der Waals surface area contributed by atoms with Crippen molar-refractivity contribution < 1.29 is 18.7 Å². The van der Waals surface area contributed by atoms with Crippen LogP contribution in [0.15, 0.2) is 18.2 Å². The van der Waals surface area contributed by atoms with Gasteiger partial charge in [-0.2, -0.15) is 4.98 Å². The molecule has 0 unspecified atom stereocenters. The number of benzene rings is 1. The van der Waals surface area contributed by atoms with Gasteiger partial charge in [0.05, 0.1) is 10.7 Å². The fourth-order valence-electron chi connectivity index (χ4n) is 2.75. The van der Waals surface area contributed by atoms with Crippen molar-refractivity contribution in [2.24, 2.45) is 12.8 Å². The van der Waals surface area contributed by atoms with Crippen LogP contribution in [0.5, 0.6) is 11.5 Å². The number of rotatable bonds is 3. The number of nitrogens with zero attached hydrogens (tertiary/aromatic N) is 3. The number of carbonyl (C=O) groups is 1. The van der Waals surface area contributed by atoms with Gasteiger partial charge in [0.25, 0.3) is 5.91 Å². The minimum absolute atomic E-state index is 0.0687. The minimum Gasteiger partial charge on any atom is -0.484 e. The van der Waals surface area contributed by atoms with Gasteiger partial charge in [0.2, 0.25) is 5.95 Å². The molecule has 8 nitrogen and oxygen atoms in total. The van der Waals surface area contributed by atoms with Gasteiger partial charge in [0.15, 0.2) is 22.8 Å². The van der Waals surface area contributed by atoms with Gasteiger partial charge in [-0.15, -0.1) is 0 Å². The van der Waals surface area contributed by atoms with E-state index in [1.165, 1.54) is 12.1 Å². The van der Waals surface area contributed by atoms with E-state index in [2.05, 4.69) is 15.3 Å². The lowest BCUT2D eigenvalue weighted by atomic mass is 10.2. The summed E-state index contributed by atoms with van der Waals surface area (Å²) in [6.45, 7) is 0.575. The number of aromatic nitrogens is 3. The number of hydrogen-bond donors (Lipinski definition) is 2. The van der Waals surface area contributed by atoms with Gasteiger partial charge in [0, 0.05) is 7.05 Å². The molecule has 0 saturated carbocycles. The van der Waals surface area contributed by atoms with E-state index in [0.29, 0.717) is 17.9 Å². The van der Waals surface area contributed by atoms with E-state index in [1.807, 2.05) is 0 Å². The highest BCUT2D eigenvalue weighted by Gasteiger charge is 2.28. The fourth-order valence-corrected chi connectivity index (χ4v) is 2.96. The molecule has 10 heteroatoms. The largest absolute Gasteiger partial charge is 0.484 e. The number of pyridine rings is 1. The summed E-state index contributed by atoms with van der Waals surface area (Å²) in [5.41, 5.74) is 6.09. The molecule has 0 aliphatic carbocycles. The van der Waals surface area contributed by atoms with Gasteiger partial charge in [-0.25, -0.2) is 9.37 Å². The van der Waals surface area contributed by atoms with E-state index >= 15 is 0 Å². The molecule has 1 amide bonds. The van der Waals surface area contributed by atoms with Crippen molar-refractivity contribution >= 4 is 40.3 Å². The monoisotopic (exact) mass is 377 g/mol. The lowest BCUT2D eigenvalue weighted by molar-refractivity contribution is 0.0984. The van der Waals surface area contributed by atoms with E-state index in [4.69, 9.17) is 26.8 Å². The van der Waals surface area contributed by atoms with Gasteiger partial charge >= 0.3 is 0 Å². The quantitative estimate of drug-likeness (QED) is 0.726. The number of nitrogens with one attached hydrogen (secondary N) is 1. The van der Waals surface area contributed by atoms with Gasteiger partial charge in [0.1, 0.15) is 24.5 Å². The molecule has 2 aromatic heterocycles. The van der Waals surface area contributed by atoms with Crippen molar-refractivity contribution in [3.05, 3.63) is 34.7 Å². The lowest BCUT2D eigenvalue weighted by Gasteiger charge is -2.20. The molecule has 0 radical (unpaired) electrons. The van der Waals surface area contributed by atoms with E-state index < -0.39 is 11.7 Å². The zero-order valence-electron chi connectivity index (χ0n) is 13.5. The number of ether oxygens (including phenoxy) is 2. The second-order valence-corrected chi connectivity index (χ2v) is 5.98. The zero-order chi connectivity index (χ0) is 18.4. The average Bonchev–Trinajstić information content (AvgIpc) is 2.93. The van der Waals surface area contributed by atoms with Gasteiger partial charge in [-0.05, 0) is 12.1 Å². The molecule has 4 rings (SSSR count). The number of nitrogens with two attached hydrogens (primary N) is 1. The Morgan fingerprint density at radius 3 is 2.73 bits per heavy atom. The summed E-state index contributed by atoms with van der Waals surface area (Å²) in [5.74, 6) is -0.534. The lowest BCUT2D eigenvalue weighted by Crippen LogP contribution is -2.22. The number of amides is 1. The molecule has 1 aliphatic heterocycles. The van der Waals surface area contributed by atoms with Crippen LogP contribution in [0.3, 0.4) is 0 Å². The highest BCUT2D eigenvalue weighted by Crippen LogP contribution is 2.40. The van der Waals surface area contributed by atoms with Crippen molar-refractivity contribution in [3.8, 4) is 11.5 Å². The summed E-state index contributed by atoms with van der Waals surface area (Å²) < 4.78 is 26.8. The highest BCUT2D eigenvalue weighted by atomic mass is 35.5. The van der Waals surface area contributed by atoms with Crippen LogP contribution < -0.4 is 20.5 Å². The van der Waals surface area contributed by atoms with E-state index in [9.17, 15) is 9.18 Å². The number of primary amides is 1. The van der Waals surface area contributed by atoms with Crippen molar-refractivity contribution in [1.82, 2.24) is 14.5 Å². The third kappa shape index (κ3) is 2.48. The Hall–Kier alpha value is -3.07. The van der Waals surface area contributed by atoms with Crippen LogP contribution in [0.25, 0.3) is 11.2 Å². The third-order valence-corrected chi connectivity index (χ3v) is 4.25. The number of halogens is 2. The SMILES string of the molecule is Cn1c(Nc2c(F)cccc2Cl)nc2nc(C(N)=O)c3c(c21)OCCO3. The molecule has 3 aromatic rings. The first-order valence-electron chi connectivity index (χ1n) is 7.64. The first kappa shape index (κ1) is 16.4. The van der Waals surface area contributed by atoms with E-state index in [0.717, 1.165) is 0 Å². The summed E-state index contributed by atoms with van der Waals surface area (Å²) in [6, 6.07) is 4.33. The molecule has 3 heterocycles. The molecule has 1 aliphatic rings. The van der Waals surface area contributed by atoms with Crippen LogP contribution in [-0.2, 0) is 7.05 Å². The van der Waals surface area contributed by atoms with Gasteiger partial charge < -0.3 is 25.1 Å². The van der Waals surface area contributed by atoms with Gasteiger partial charge in [-0.3, -0.25) is 4.79 Å². The van der Waals surface area contributed by atoms with Crippen molar-refractivity contribution in [2.75, 3.05) is 18.5 Å². The molecule has 26 heavy (non-hydrogen) atoms. The molecule has 134 valence electrons. The fraction of sp³-hybridized carbons (Fsp3) is 0.188. The number of anilines is 2. The number of imidazole rings is 1. The van der Waals surface area contributed by atoms with Crippen LogP contribution in [0.1, 0.15) is 10.5 Å². The second-order valence-electron chi connectivity index (χ2n) is 5.57. The summed E-state index contributed by atoms with van der Waals surface area (Å²) in [5, 5.41) is 3.04. The summed E-state index contributed by atoms with van der Waals surface area (Å²) >= 11 is 6.05. The predicted molar refractivity (Wildman–Crippen MR) is 92.7 cm³/mol. The Balaban J connectivity index is 1.91. The molecule has 0 atom stereocenters. The Morgan fingerprint density at radius 1 is 1.31 bits per heavy atom. The standard InChI is InChI=1S/C16H13ClFN5O3/c1-23-11-13-12(25-5-6-26-13)10(14(19)24)20-15(11)22-16(23)21-9-7(17)3-2-4-8(9)18/h2-4H,5-6H2,1H3,(H2,19,24)(H,20,21,22). The normalized spacial score (nSPS) is 13.0. The predicted octanol–water partition coefficient (Wildman–Crippen LogP) is 2.37. The van der Waals surface area contributed by atoms with Crippen molar-refractivity contribution in [3.63, 3.8) is 0 Å². The number of carbonyl (C=O) groups excluding carboxylic acids is 1. The van der Waals surface area contributed by atoms with Crippen LogP contribution in [0.4, 0.5) is 16.0 Å². The van der Waals surface area contributed by atoms with Crippen LogP contribution in [0, 0.1) is 5.82 Å². The molecular formula is C16H13ClFN5O3. The molecule has 0 spiro atoms. The highest BCUT2D eigenvalue weighted by molar-refractivity contribution is 6.33. The van der Waals surface area contributed by atoms with Crippen molar-refractivity contribution in [1.29, 1.82) is 0 Å². The molecule has 1 aromatic carbocycles. The van der Waals surface area contributed by atoms with Gasteiger partial charge in [-0.1, -0.05) is 17.7 Å². The Kier molecular flexibility index (Phi) is 3.80. The topological polar surface area (TPSA) is 104 Å². The molecule has 0 fully saturated rings. The summed E-state index contributed by atoms with van der Waals surface area (Å²) in [7, 11) is 1.69. The third-order valence-electron chi connectivity index (χ3n) is 3.94. The Bertz CT molecular complexity index is 1030. The average molecular weight is 378 g/mol. The first-order valence-corrected chi connectivity index (χ1v) is 8.02. The smallest absolute Gasteiger partial charge is 0.271 e. The molecular weight excluding hydrogens is 365 g/mol. The molecule has 0 saturated heterocycles. The maximum atomic E-state index is 14.1. The molecule has 3 N–H and O–H groups in total. The summed E-state index contributed by atoms with van der Waals surface area (Å²) in [4.78, 5) is 20.2. The maximum absolute atomic E-state index is 14.1. The van der Waals surface area contributed by atoms with E-state index in [-0.39, 0.29) is 40.4 Å².